The number of sulfonamides is 1. The van der Waals surface area contributed by atoms with E-state index in [1.54, 1.807) is 42.5 Å². The number of para-hydroxylation sites is 1. The quantitative estimate of drug-likeness (QED) is 0.876. The van der Waals surface area contributed by atoms with E-state index >= 15 is 0 Å². The molecule has 0 fully saturated rings. The van der Waals surface area contributed by atoms with E-state index in [0.29, 0.717) is 11.0 Å². The van der Waals surface area contributed by atoms with Crippen molar-refractivity contribution in [3.05, 3.63) is 60.2 Å². The number of benzene rings is 2. The molecule has 2 aromatic rings. The van der Waals surface area contributed by atoms with Gasteiger partial charge in [0.1, 0.15) is 0 Å². The summed E-state index contributed by atoms with van der Waals surface area (Å²) in [6, 6.07) is 15.6. The Bertz CT molecular complexity index is 626. The largest absolute Gasteiger partial charge is 0.279 e. The van der Waals surface area contributed by atoms with E-state index in [1.807, 2.05) is 12.1 Å². The molecule has 0 atom stereocenters. The van der Waals surface area contributed by atoms with Gasteiger partial charge in [-0.3, -0.25) is 4.72 Å². The molecule has 2 aromatic carbocycles. The number of rotatable bonds is 4. The van der Waals surface area contributed by atoms with Gasteiger partial charge in [0.15, 0.2) is 0 Å². The second kappa shape index (κ2) is 5.54. The third-order valence-corrected chi connectivity index (χ3v) is 4.44. The highest BCUT2D eigenvalue weighted by molar-refractivity contribution is 9.08. The van der Waals surface area contributed by atoms with Crippen LogP contribution in [0.1, 0.15) is 5.56 Å². The van der Waals surface area contributed by atoms with E-state index in [9.17, 15) is 8.42 Å². The summed E-state index contributed by atoms with van der Waals surface area (Å²) in [5, 5.41) is 0.598. The fraction of sp³-hybridized carbons (Fsp3) is 0.0769. The second-order valence-corrected chi connectivity index (χ2v) is 5.95. The Morgan fingerprint density at radius 1 is 0.944 bits per heavy atom. The Kier molecular flexibility index (Phi) is 4.04. The van der Waals surface area contributed by atoms with E-state index in [2.05, 4.69) is 20.7 Å². The lowest BCUT2D eigenvalue weighted by Gasteiger charge is -2.11. The molecule has 0 bridgehead atoms. The van der Waals surface area contributed by atoms with Crippen molar-refractivity contribution >= 4 is 31.6 Å². The highest BCUT2D eigenvalue weighted by Crippen LogP contribution is 2.21. The molecule has 0 amide bonds. The SMILES string of the molecule is O=S(=O)(Nc1ccccc1CBr)c1ccccc1. The molecule has 94 valence electrons. The minimum atomic E-state index is -3.52. The molecule has 0 aromatic heterocycles. The van der Waals surface area contributed by atoms with Gasteiger partial charge >= 0.3 is 0 Å². The molecule has 0 heterocycles. The molecule has 0 radical (unpaired) electrons. The highest BCUT2D eigenvalue weighted by atomic mass is 79.9. The van der Waals surface area contributed by atoms with Crippen molar-refractivity contribution in [1.29, 1.82) is 0 Å². The third-order valence-electron chi connectivity index (χ3n) is 2.46. The van der Waals surface area contributed by atoms with Gasteiger partial charge in [0.25, 0.3) is 10.0 Å². The van der Waals surface area contributed by atoms with Gasteiger partial charge in [0.2, 0.25) is 0 Å². The normalized spacial score (nSPS) is 11.2. The molecule has 3 nitrogen and oxygen atoms in total. The van der Waals surface area contributed by atoms with Crippen LogP contribution >= 0.6 is 15.9 Å². The van der Waals surface area contributed by atoms with Crippen molar-refractivity contribution in [2.75, 3.05) is 4.72 Å². The molecule has 0 saturated heterocycles. The number of alkyl halides is 1. The van der Waals surface area contributed by atoms with Gasteiger partial charge < -0.3 is 0 Å². The summed E-state index contributed by atoms with van der Waals surface area (Å²) >= 11 is 3.34. The van der Waals surface area contributed by atoms with Gasteiger partial charge in [-0.1, -0.05) is 52.3 Å². The first-order valence-corrected chi connectivity index (χ1v) is 7.96. The second-order valence-electron chi connectivity index (χ2n) is 3.71. The maximum Gasteiger partial charge on any atom is 0.261 e. The van der Waals surface area contributed by atoms with Crippen LogP contribution < -0.4 is 4.72 Å². The number of anilines is 1. The number of hydrogen-bond acceptors (Lipinski definition) is 2. The predicted molar refractivity (Wildman–Crippen MR) is 76.3 cm³/mol. The summed E-state index contributed by atoms with van der Waals surface area (Å²) < 4.78 is 26.9. The maximum atomic E-state index is 12.1. The number of halogens is 1. The minimum absolute atomic E-state index is 0.259. The van der Waals surface area contributed by atoms with Crippen molar-refractivity contribution < 1.29 is 8.42 Å². The summed E-state index contributed by atoms with van der Waals surface area (Å²) in [7, 11) is -3.52. The van der Waals surface area contributed by atoms with Crippen molar-refractivity contribution in [2.45, 2.75) is 10.2 Å². The van der Waals surface area contributed by atoms with Gasteiger partial charge in [0, 0.05) is 5.33 Å². The van der Waals surface area contributed by atoms with Crippen LogP contribution in [0.3, 0.4) is 0 Å². The summed E-state index contributed by atoms with van der Waals surface area (Å²) in [5.41, 5.74) is 1.50. The zero-order chi connectivity index (χ0) is 13.0. The van der Waals surface area contributed by atoms with Crippen LogP contribution in [-0.2, 0) is 15.4 Å². The Morgan fingerprint density at radius 2 is 1.56 bits per heavy atom. The zero-order valence-corrected chi connectivity index (χ0v) is 11.9. The summed E-state index contributed by atoms with van der Waals surface area (Å²) in [5.74, 6) is 0. The molecule has 0 aliphatic carbocycles. The Labute approximate surface area is 115 Å². The third kappa shape index (κ3) is 2.91. The van der Waals surface area contributed by atoms with Crippen LogP contribution in [0, 0.1) is 0 Å². The summed E-state index contributed by atoms with van der Waals surface area (Å²) in [4.78, 5) is 0.259. The van der Waals surface area contributed by atoms with Gasteiger partial charge in [-0.15, -0.1) is 0 Å². The number of nitrogens with one attached hydrogen (secondary N) is 1. The molecular formula is C13H12BrNO2S. The monoisotopic (exact) mass is 325 g/mol. The first kappa shape index (κ1) is 13.1. The van der Waals surface area contributed by atoms with Crippen molar-refractivity contribution in [1.82, 2.24) is 0 Å². The van der Waals surface area contributed by atoms with Crippen LogP contribution in [0.15, 0.2) is 59.5 Å². The molecular weight excluding hydrogens is 314 g/mol. The van der Waals surface area contributed by atoms with Crippen molar-refractivity contribution in [3.8, 4) is 0 Å². The molecule has 2 rings (SSSR count). The van der Waals surface area contributed by atoms with Gasteiger partial charge in [0.05, 0.1) is 10.6 Å². The minimum Gasteiger partial charge on any atom is -0.279 e. The lowest BCUT2D eigenvalue weighted by atomic mass is 10.2. The molecule has 0 unspecified atom stereocenters. The smallest absolute Gasteiger partial charge is 0.261 e. The summed E-state index contributed by atoms with van der Waals surface area (Å²) in [6.45, 7) is 0. The van der Waals surface area contributed by atoms with E-state index in [0.717, 1.165) is 5.56 Å². The fourth-order valence-corrected chi connectivity index (χ4v) is 3.15. The van der Waals surface area contributed by atoms with Gasteiger partial charge in [-0.2, -0.15) is 0 Å². The first-order valence-electron chi connectivity index (χ1n) is 5.35. The lowest BCUT2D eigenvalue weighted by molar-refractivity contribution is 0.601. The molecule has 1 N–H and O–H groups in total. The van der Waals surface area contributed by atoms with Gasteiger partial charge in [-0.25, -0.2) is 8.42 Å². The zero-order valence-electron chi connectivity index (χ0n) is 9.51. The van der Waals surface area contributed by atoms with Crippen LogP contribution in [0.4, 0.5) is 5.69 Å². The predicted octanol–water partition coefficient (Wildman–Crippen LogP) is 3.38. The maximum absolute atomic E-state index is 12.1. The highest BCUT2D eigenvalue weighted by Gasteiger charge is 2.14. The van der Waals surface area contributed by atoms with Crippen molar-refractivity contribution in [2.24, 2.45) is 0 Å². The Hall–Kier alpha value is -1.33. The average molecular weight is 326 g/mol. The van der Waals surface area contributed by atoms with Crippen LogP contribution in [-0.4, -0.2) is 8.42 Å². The van der Waals surface area contributed by atoms with Crippen LogP contribution in [0.2, 0.25) is 0 Å². The van der Waals surface area contributed by atoms with Crippen LogP contribution in [0.25, 0.3) is 0 Å². The van der Waals surface area contributed by atoms with E-state index < -0.39 is 10.0 Å². The van der Waals surface area contributed by atoms with E-state index in [4.69, 9.17) is 0 Å². The molecule has 5 heteroatoms. The molecule has 18 heavy (non-hydrogen) atoms. The summed E-state index contributed by atoms with van der Waals surface area (Å²) in [6.07, 6.45) is 0. The van der Waals surface area contributed by atoms with E-state index in [-0.39, 0.29) is 4.90 Å². The average Bonchev–Trinajstić information content (AvgIpc) is 2.40. The van der Waals surface area contributed by atoms with Crippen molar-refractivity contribution in [3.63, 3.8) is 0 Å². The van der Waals surface area contributed by atoms with Gasteiger partial charge in [-0.05, 0) is 23.8 Å². The fourth-order valence-electron chi connectivity index (χ4n) is 1.54. The Balaban J connectivity index is 2.34. The standard InChI is InChI=1S/C13H12BrNO2S/c14-10-11-6-4-5-9-13(11)15-18(16,17)12-7-2-1-3-8-12/h1-9,15H,10H2. The topological polar surface area (TPSA) is 46.2 Å². The molecule has 0 aliphatic heterocycles. The number of hydrogen-bond donors (Lipinski definition) is 1. The molecule has 0 spiro atoms. The molecule has 0 aliphatic rings. The lowest BCUT2D eigenvalue weighted by Crippen LogP contribution is -2.13. The molecule has 0 saturated carbocycles. The first-order chi connectivity index (χ1) is 8.63. The van der Waals surface area contributed by atoms with Crippen LogP contribution in [0.5, 0.6) is 0 Å². The Morgan fingerprint density at radius 3 is 2.22 bits per heavy atom. The van der Waals surface area contributed by atoms with E-state index in [1.165, 1.54) is 0 Å².